The number of benzene rings is 10. The maximum Gasteiger partial charge on any atom is 0.143 e. The summed E-state index contributed by atoms with van der Waals surface area (Å²) in [6.45, 7) is 0. The molecule has 0 saturated carbocycles. The second kappa shape index (κ2) is 13.9. The molecule has 2 aliphatic rings. The number of hydrogen-bond acceptors (Lipinski definition) is 2. The molecule has 0 fully saturated rings. The van der Waals surface area contributed by atoms with E-state index in [-0.39, 0.29) is 0 Å². The highest BCUT2D eigenvalue weighted by atomic mass is 16.3. The van der Waals surface area contributed by atoms with Crippen LogP contribution in [-0.2, 0) is 5.41 Å². The average molecular weight is 802 g/mol. The van der Waals surface area contributed by atoms with E-state index in [4.69, 9.17) is 4.42 Å². The summed E-state index contributed by atoms with van der Waals surface area (Å²) in [6.07, 6.45) is 0. The third kappa shape index (κ3) is 5.19. The van der Waals surface area contributed by atoms with Gasteiger partial charge in [-0.05, 0) is 103 Å². The number of furan rings is 1. The summed E-state index contributed by atoms with van der Waals surface area (Å²) in [4.78, 5) is 2.44. The van der Waals surface area contributed by atoms with Crippen molar-refractivity contribution in [1.82, 2.24) is 0 Å². The van der Waals surface area contributed by atoms with Crippen molar-refractivity contribution >= 4 is 39.0 Å². The highest BCUT2D eigenvalue weighted by Crippen LogP contribution is 2.62. The third-order valence-electron chi connectivity index (χ3n) is 13.5. The summed E-state index contributed by atoms with van der Waals surface area (Å²) < 4.78 is 6.51. The molecule has 10 aromatic carbocycles. The van der Waals surface area contributed by atoms with Crippen molar-refractivity contribution in [2.75, 3.05) is 4.90 Å². The van der Waals surface area contributed by atoms with Crippen molar-refractivity contribution < 1.29 is 4.42 Å². The van der Waals surface area contributed by atoms with Crippen LogP contribution in [-0.4, -0.2) is 0 Å². The zero-order chi connectivity index (χ0) is 41.5. The Balaban J connectivity index is 1.07. The highest BCUT2D eigenvalue weighted by Gasteiger charge is 2.49. The molecule has 13 rings (SSSR count). The van der Waals surface area contributed by atoms with E-state index in [2.05, 4.69) is 229 Å². The van der Waals surface area contributed by atoms with Crippen molar-refractivity contribution in [3.63, 3.8) is 0 Å². The molecule has 1 aromatic heterocycles. The number of para-hydroxylation sites is 3. The second-order valence-corrected chi connectivity index (χ2v) is 16.7. The molecule has 294 valence electrons. The van der Waals surface area contributed by atoms with Gasteiger partial charge in [-0.2, -0.15) is 0 Å². The fourth-order valence-corrected chi connectivity index (χ4v) is 10.9. The van der Waals surface area contributed by atoms with Crippen LogP contribution >= 0.6 is 0 Å². The van der Waals surface area contributed by atoms with Crippen molar-refractivity contribution in [1.29, 1.82) is 0 Å². The van der Waals surface area contributed by atoms with Crippen molar-refractivity contribution in [3.8, 4) is 55.6 Å². The molecule has 2 heteroatoms. The Morgan fingerprint density at radius 3 is 1.48 bits per heavy atom. The summed E-state index contributed by atoms with van der Waals surface area (Å²) in [7, 11) is 0. The van der Waals surface area contributed by atoms with E-state index < -0.39 is 5.41 Å². The molecular formula is C61H39NO. The number of anilines is 3. The van der Waals surface area contributed by atoms with Gasteiger partial charge in [0.1, 0.15) is 11.2 Å². The molecule has 0 N–H and O–H groups in total. The zero-order valence-corrected chi connectivity index (χ0v) is 34.4. The molecule has 11 aromatic rings. The van der Waals surface area contributed by atoms with Gasteiger partial charge in [-0.1, -0.05) is 200 Å². The minimum absolute atomic E-state index is 0.539. The quantitative estimate of drug-likeness (QED) is 0.172. The van der Waals surface area contributed by atoms with Gasteiger partial charge in [0.2, 0.25) is 0 Å². The summed E-state index contributed by atoms with van der Waals surface area (Å²) in [5.74, 6) is 0. The lowest BCUT2D eigenvalue weighted by Gasteiger charge is -2.36. The molecule has 63 heavy (non-hydrogen) atoms. The fraction of sp³-hybridized carbons (Fsp3) is 0.0164. The molecule has 2 nitrogen and oxygen atoms in total. The standard InChI is InChI=1S/C61H39NO/c1-2-17-40(18-3-1)44-19-9-14-31-58(44)62(42-35-33-41(34-36-42)45-26-16-27-52-51-25-10-15-32-59(51)63-60(45)52)43-37-38-57-53(39-43)47-21-5-4-20-46(47)48-22-6-11-28-54(48)61(57)55-29-12-7-23-49(55)50-24-8-13-30-56(50)61/h1-39H. The molecule has 0 saturated heterocycles. The minimum Gasteiger partial charge on any atom is -0.455 e. The Morgan fingerprint density at radius 2 is 0.778 bits per heavy atom. The number of nitrogens with zero attached hydrogens (tertiary/aromatic N) is 1. The SMILES string of the molecule is c1ccc(-c2ccccc2N(c2ccc(-c3cccc4c3oc3ccccc34)cc2)c2ccc3c(c2)-c2ccccc2-c2ccccc2C32c3ccccc3-c3ccccc32)cc1. The minimum atomic E-state index is -0.539. The van der Waals surface area contributed by atoms with E-state index in [9.17, 15) is 0 Å². The van der Waals surface area contributed by atoms with Gasteiger partial charge in [0.25, 0.3) is 0 Å². The molecule has 1 heterocycles. The molecule has 2 aliphatic carbocycles. The molecule has 0 amide bonds. The van der Waals surface area contributed by atoms with Gasteiger partial charge in [0, 0.05) is 33.3 Å². The molecule has 0 atom stereocenters. The molecule has 0 unspecified atom stereocenters. The first-order chi connectivity index (χ1) is 31.3. The van der Waals surface area contributed by atoms with Crippen LogP contribution in [0.1, 0.15) is 22.3 Å². The predicted octanol–water partition coefficient (Wildman–Crippen LogP) is 16.4. The van der Waals surface area contributed by atoms with Gasteiger partial charge in [0.15, 0.2) is 0 Å². The lowest BCUT2D eigenvalue weighted by molar-refractivity contribution is 0.670. The summed E-state index contributed by atoms with van der Waals surface area (Å²) >= 11 is 0. The maximum absolute atomic E-state index is 6.51. The first-order valence-corrected chi connectivity index (χ1v) is 21.8. The van der Waals surface area contributed by atoms with Gasteiger partial charge in [0.05, 0.1) is 11.1 Å². The second-order valence-electron chi connectivity index (χ2n) is 16.7. The Morgan fingerprint density at radius 1 is 0.302 bits per heavy atom. The normalized spacial score (nSPS) is 12.9. The van der Waals surface area contributed by atoms with Crippen LogP contribution in [0, 0.1) is 0 Å². The number of rotatable bonds is 5. The van der Waals surface area contributed by atoms with Crippen molar-refractivity contribution in [2.45, 2.75) is 5.41 Å². The molecular weight excluding hydrogens is 763 g/mol. The molecule has 0 aliphatic heterocycles. The van der Waals surface area contributed by atoms with Gasteiger partial charge in [-0.25, -0.2) is 0 Å². The Kier molecular flexibility index (Phi) is 7.85. The van der Waals surface area contributed by atoms with Crippen LogP contribution in [0.2, 0.25) is 0 Å². The summed E-state index contributed by atoms with van der Waals surface area (Å²) in [6, 6.07) is 86.7. The topological polar surface area (TPSA) is 16.4 Å². The van der Waals surface area contributed by atoms with Gasteiger partial charge in [-0.15, -0.1) is 0 Å². The van der Waals surface area contributed by atoms with Gasteiger partial charge in [-0.3, -0.25) is 0 Å². The van der Waals surface area contributed by atoms with Crippen LogP contribution < -0.4 is 4.90 Å². The zero-order valence-electron chi connectivity index (χ0n) is 34.4. The summed E-state index contributed by atoms with van der Waals surface area (Å²) in [5.41, 5.74) is 21.8. The van der Waals surface area contributed by atoms with E-state index >= 15 is 0 Å². The highest BCUT2D eigenvalue weighted by molar-refractivity contribution is 6.09. The first-order valence-electron chi connectivity index (χ1n) is 21.8. The van der Waals surface area contributed by atoms with Crippen LogP contribution in [0.15, 0.2) is 241 Å². The molecule has 0 radical (unpaired) electrons. The van der Waals surface area contributed by atoms with E-state index in [0.717, 1.165) is 55.7 Å². The van der Waals surface area contributed by atoms with E-state index in [1.807, 2.05) is 12.1 Å². The molecule has 0 bridgehead atoms. The number of fused-ring (bicyclic) bond motifs is 15. The summed E-state index contributed by atoms with van der Waals surface area (Å²) in [5, 5.41) is 2.26. The van der Waals surface area contributed by atoms with Crippen LogP contribution in [0.4, 0.5) is 17.1 Å². The smallest absolute Gasteiger partial charge is 0.143 e. The lowest BCUT2D eigenvalue weighted by atomic mass is 9.66. The van der Waals surface area contributed by atoms with E-state index in [1.165, 1.54) is 61.2 Å². The van der Waals surface area contributed by atoms with Crippen LogP contribution in [0.3, 0.4) is 0 Å². The Bertz CT molecular complexity index is 3530. The van der Waals surface area contributed by atoms with Gasteiger partial charge < -0.3 is 9.32 Å². The Hall–Kier alpha value is -8.20. The van der Waals surface area contributed by atoms with Crippen molar-refractivity contribution in [2.24, 2.45) is 0 Å². The van der Waals surface area contributed by atoms with Crippen LogP contribution in [0.5, 0.6) is 0 Å². The fourth-order valence-electron chi connectivity index (χ4n) is 10.9. The molecule has 1 spiro atoms. The third-order valence-corrected chi connectivity index (χ3v) is 13.5. The maximum atomic E-state index is 6.51. The van der Waals surface area contributed by atoms with E-state index in [0.29, 0.717) is 0 Å². The first kappa shape index (κ1) is 35.5. The van der Waals surface area contributed by atoms with E-state index in [1.54, 1.807) is 0 Å². The van der Waals surface area contributed by atoms with Gasteiger partial charge >= 0.3 is 0 Å². The predicted molar refractivity (Wildman–Crippen MR) is 261 cm³/mol. The lowest BCUT2D eigenvalue weighted by Crippen LogP contribution is -2.29. The average Bonchev–Trinajstić information content (AvgIpc) is 3.86. The van der Waals surface area contributed by atoms with Crippen molar-refractivity contribution in [3.05, 3.63) is 259 Å². The number of hydrogen-bond donors (Lipinski definition) is 0. The largest absolute Gasteiger partial charge is 0.455 e. The van der Waals surface area contributed by atoms with Crippen LogP contribution in [0.25, 0.3) is 77.6 Å². The monoisotopic (exact) mass is 801 g/mol. The Labute approximate surface area is 366 Å².